The van der Waals surface area contributed by atoms with Crippen molar-refractivity contribution in [3.8, 4) is 17.1 Å². The fourth-order valence-corrected chi connectivity index (χ4v) is 3.74. The Labute approximate surface area is 175 Å². The SMILES string of the molecule is COc1ccc(CN2CCN(C(=O)c3ccc(-c4ccccc4Cl)o3)CC2)cc1. The van der Waals surface area contributed by atoms with E-state index >= 15 is 0 Å². The fraction of sp³-hybridized carbons (Fsp3) is 0.261. The number of halogens is 1. The van der Waals surface area contributed by atoms with Crippen LogP contribution in [0.2, 0.25) is 5.02 Å². The molecule has 0 saturated carbocycles. The first-order valence-electron chi connectivity index (χ1n) is 9.63. The van der Waals surface area contributed by atoms with Crippen LogP contribution in [-0.2, 0) is 6.54 Å². The second-order valence-electron chi connectivity index (χ2n) is 7.06. The number of hydrogen-bond acceptors (Lipinski definition) is 4. The molecular weight excluding hydrogens is 388 g/mol. The van der Waals surface area contributed by atoms with E-state index in [1.54, 1.807) is 19.2 Å². The van der Waals surface area contributed by atoms with Crippen LogP contribution in [0.25, 0.3) is 11.3 Å². The Morgan fingerprint density at radius 2 is 1.72 bits per heavy atom. The van der Waals surface area contributed by atoms with E-state index in [1.165, 1.54) is 5.56 Å². The molecule has 1 saturated heterocycles. The molecule has 0 bridgehead atoms. The predicted molar refractivity (Wildman–Crippen MR) is 113 cm³/mol. The lowest BCUT2D eigenvalue weighted by molar-refractivity contribution is 0.0598. The third-order valence-corrected chi connectivity index (χ3v) is 5.51. The molecule has 0 radical (unpaired) electrons. The number of rotatable bonds is 5. The summed E-state index contributed by atoms with van der Waals surface area (Å²) in [7, 11) is 1.67. The number of amides is 1. The molecule has 1 amide bonds. The van der Waals surface area contributed by atoms with Gasteiger partial charge in [-0.15, -0.1) is 0 Å². The van der Waals surface area contributed by atoms with Crippen LogP contribution >= 0.6 is 11.6 Å². The molecule has 0 N–H and O–H groups in total. The van der Waals surface area contributed by atoms with Crippen molar-refractivity contribution in [3.63, 3.8) is 0 Å². The summed E-state index contributed by atoms with van der Waals surface area (Å²) in [5.41, 5.74) is 2.03. The zero-order valence-electron chi connectivity index (χ0n) is 16.3. The normalized spacial score (nSPS) is 14.8. The summed E-state index contributed by atoms with van der Waals surface area (Å²) < 4.78 is 11.0. The molecule has 3 aromatic rings. The zero-order valence-corrected chi connectivity index (χ0v) is 17.1. The highest BCUT2D eigenvalue weighted by Gasteiger charge is 2.24. The number of nitrogens with zero attached hydrogens (tertiary/aromatic N) is 2. The van der Waals surface area contributed by atoms with Gasteiger partial charge >= 0.3 is 0 Å². The van der Waals surface area contributed by atoms with Crippen LogP contribution in [0.5, 0.6) is 5.75 Å². The average Bonchev–Trinajstić information content (AvgIpc) is 3.25. The molecule has 1 aliphatic rings. The van der Waals surface area contributed by atoms with Gasteiger partial charge in [-0.1, -0.05) is 35.9 Å². The number of methoxy groups -OCH3 is 1. The van der Waals surface area contributed by atoms with Crippen molar-refractivity contribution in [2.45, 2.75) is 6.54 Å². The lowest BCUT2D eigenvalue weighted by Crippen LogP contribution is -2.48. The molecule has 150 valence electrons. The molecular formula is C23H23ClN2O3. The number of benzene rings is 2. The van der Waals surface area contributed by atoms with E-state index in [4.69, 9.17) is 20.8 Å². The van der Waals surface area contributed by atoms with Crippen LogP contribution in [0.3, 0.4) is 0 Å². The van der Waals surface area contributed by atoms with Crippen molar-refractivity contribution in [1.82, 2.24) is 9.80 Å². The maximum absolute atomic E-state index is 12.8. The maximum Gasteiger partial charge on any atom is 0.289 e. The van der Waals surface area contributed by atoms with Gasteiger partial charge in [0.15, 0.2) is 5.76 Å². The second kappa shape index (κ2) is 8.72. The standard InChI is InChI=1S/C23H23ClN2O3/c1-28-18-8-6-17(7-9-18)16-25-12-14-26(15-13-25)23(27)22-11-10-21(29-22)19-4-2-3-5-20(19)24/h2-11H,12-16H2,1H3. The van der Waals surface area contributed by atoms with Crippen LogP contribution < -0.4 is 4.74 Å². The van der Waals surface area contributed by atoms with Crippen molar-refractivity contribution < 1.29 is 13.9 Å². The number of ether oxygens (including phenoxy) is 1. The van der Waals surface area contributed by atoms with Crippen molar-refractivity contribution in [2.24, 2.45) is 0 Å². The Morgan fingerprint density at radius 3 is 2.41 bits per heavy atom. The van der Waals surface area contributed by atoms with E-state index < -0.39 is 0 Å². The molecule has 1 aliphatic heterocycles. The van der Waals surface area contributed by atoms with Crippen molar-refractivity contribution >= 4 is 17.5 Å². The van der Waals surface area contributed by atoms with Gasteiger partial charge in [0.05, 0.1) is 12.1 Å². The van der Waals surface area contributed by atoms with Gasteiger partial charge in [-0.3, -0.25) is 9.69 Å². The molecule has 29 heavy (non-hydrogen) atoms. The summed E-state index contributed by atoms with van der Waals surface area (Å²) >= 11 is 6.23. The Balaban J connectivity index is 1.35. The first-order valence-corrected chi connectivity index (χ1v) is 10.0. The van der Waals surface area contributed by atoms with Crippen LogP contribution in [0, 0.1) is 0 Å². The average molecular weight is 411 g/mol. The van der Waals surface area contributed by atoms with E-state index in [0.29, 0.717) is 29.6 Å². The van der Waals surface area contributed by atoms with Crippen molar-refractivity contribution in [1.29, 1.82) is 0 Å². The molecule has 1 aromatic heterocycles. The number of carbonyl (C=O) groups is 1. The van der Waals surface area contributed by atoms with Gasteiger partial charge < -0.3 is 14.1 Å². The summed E-state index contributed by atoms with van der Waals surface area (Å²) in [6.45, 7) is 3.88. The Bertz CT molecular complexity index is 976. The van der Waals surface area contributed by atoms with E-state index in [9.17, 15) is 4.79 Å². The highest BCUT2D eigenvalue weighted by atomic mass is 35.5. The zero-order chi connectivity index (χ0) is 20.2. The summed E-state index contributed by atoms with van der Waals surface area (Å²) in [6.07, 6.45) is 0. The minimum Gasteiger partial charge on any atom is -0.497 e. The molecule has 0 unspecified atom stereocenters. The van der Waals surface area contributed by atoms with Gasteiger partial charge in [0.2, 0.25) is 0 Å². The van der Waals surface area contributed by atoms with Gasteiger partial charge in [0.25, 0.3) is 5.91 Å². The second-order valence-corrected chi connectivity index (χ2v) is 7.47. The summed E-state index contributed by atoms with van der Waals surface area (Å²) in [6, 6.07) is 19.1. The van der Waals surface area contributed by atoms with Gasteiger partial charge in [-0.05, 0) is 42.0 Å². The smallest absolute Gasteiger partial charge is 0.289 e. The molecule has 1 fully saturated rings. The molecule has 0 aliphatic carbocycles. The van der Waals surface area contributed by atoms with Gasteiger partial charge in [0.1, 0.15) is 11.5 Å². The molecule has 5 nitrogen and oxygen atoms in total. The quantitative estimate of drug-likeness (QED) is 0.618. The first-order chi connectivity index (χ1) is 14.1. The van der Waals surface area contributed by atoms with Gasteiger partial charge in [-0.2, -0.15) is 0 Å². The van der Waals surface area contributed by atoms with Crippen LogP contribution in [0.4, 0.5) is 0 Å². The molecule has 2 heterocycles. The van der Waals surface area contributed by atoms with E-state index in [-0.39, 0.29) is 5.91 Å². The summed E-state index contributed by atoms with van der Waals surface area (Å²) in [4.78, 5) is 17.0. The third kappa shape index (κ3) is 4.47. The number of furan rings is 1. The monoisotopic (exact) mass is 410 g/mol. The molecule has 6 heteroatoms. The molecule has 4 rings (SSSR count). The summed E-state index contributed by atoms with van der Waals surface area (Å²) in [5.74, 6) is 1.74. The lowest BCUT2D eigenvalue weighted by Gasteiger charge is -2.34. The van der Waals surface area contributed by atoms with Crippen LogP contribution in [-0.4, -0.2) is 49.0 Å². The Kier molecular flexibility index (Phi) is 5.88. The maximum atomic E-state index is 12.8. The molecule has 2 aromatic carbocycles. The number of piperazine rings is 1. The minimum atomic E-state index is -0.0765. The van der Waals surface area contributed by atoms with Crippen molar-refractivity contribution in [3.05, 3.63) is 77.0 Å². The summed E-state index contributed by atoms with van der Waals surface area (Å²) in [5, 5.41) is 0.605. The topological polar surface area (TPSA) is 45.9 Å². The molecule has 0 spiro atoms. The Morgan fingerprint density at radius 1 is 1.00 bits per heavy atom. The largest absolute Gasteiger partial charge is 0.497 e. The Hall–Kier alpha value is -2.76. The van der Waals surface area contributed by atoms with Crippen molar-refractivity contribution in [2.75, 3.05) is 33.3 Å². The minimum absolute atomic E-state index is 0.0765. The number of hydrogen-bond donors (Lipinski definition) is 0. The fourth-order valence-electron chi connectivity index (χ4n) is 3.51. The van der Waals surface area contributed by atoms with Crippen LogP contribution in [0.15, 0.2) is 65.1 Å². The van der Waals surface area contributed by atoms with E-state index in [2.05, 4.69) is 17.0 Å². The van der Waals surface area contributed by atoms with Crippen LogP contribution in [0.1, 0.15) is 16.1 Å². The van der Waals surface area contributed by atoms with E-state index in [0.717, 1.165) is 30.9 Å². The number of carbonyl (C=O) groups excluding carboxylic acids is 1. The third-order valence-electron chi connectivity index (χ3n) is 5.18. The van der Waals surface area contributed by atoms with E-state index in [1.807, 2.05) is 41.3 Å². The predicted octanol–water partition coefficient (Wildman–Crippen LogP) is 4.57. The highest BCUT2D eigenvalue weighted by Crippen LogP contribution is 2.29. The highest BCUT2D eigenvalue weighted by molar-refractivity contribution is 6.33. The van der Waals surface area contributed by atoms with Gasteiger partial charge in [0, 0.05) is 38.3 Å². The lowest BCUT2D eigenvalue weighted by atomic mass is 10.2. The van der Waals surface area contributed by atoms with Gasteiger partial charge in [-0.25, -0.2) is 0 Å². The first kappa shape index (κ1) is 19.6. The molecule has 0 atom stereocenters.